The van der Waals surface area contributed by atoms with Gasteiger partial charge in [0, 0.05) is 35.1 Å². The van der Waals surface area contributed by atoms with E-state index in [9.17, 15) is 19.8 Å². The number of benzene rings is 4. The van der Waals surface area contributed by atoms with E-state index in [1.807, 2.05) is 60.3 Å². The average Bonchev–Trinajstić information content (AvgIpc) is 3.59. The van der Waals surface area contributed by atoms with Crippen molar-refractivity contribution in [2.45, 2.75) is 31.1 Å². The fraction of sp³-hybridized carbons (Fsp3) is 0.179. The van der Waals surface area contributed by atoms with E-state index < -0.39 is 0 Å². The van der Waals surface area contributed by atoms with Gasteiger partial charge in [-0.25, -0.2) is 4.90 Å². The minimum atomic E-state index is -0.358. The molecule has 0 atom stereocenters. The van der Waals surface area contributed by atoms with Gasteiger partial charge in [-0.2, -0.15) is 11.8 Å². The zero-order chi connectivity index (χ0) is 34.5. The zero-order valence-corrected chi connectivity index (χ0v) is 29.0. The van der Waals surface area contributed by atoms with Crippen molar-refractivity contribution in [3.63, 3.8) is 0 Å². The molecule has 0 unspecified atom stereocenters. The van der Waals surface area contributed by atoms with Crippen LogP contribution in [-0.4, -0.2) is 43.9 Å². The molecule has 0 bridgehead atoms. The van der Waals surface area contributed by atoms with E-state index in [-0.39, 0.29) is 29.0 Å². The number of aromatic hydroxyl groups is 2. The van der Waals surface area contributed by atoms with Crippen LogP contribution in [0.25, 0.3) is 5.69 Å². The first kappa shape index (κ1) is 33.8. The second kappa shape index (κ2) is 14.6. The molecule has 1 aliphatic rings. The van der Waals surface area contributed by atoms with Gasteiger partial charge in [0.15, 0.2) is 5.88 Å². The maximum atomic E-state index is 11.9. The summed E-state index contributed by atoms with van der Waals surface area (Å²) < 4.78 is 13.5. The minimum absolute atomic E-state index is 0.0165. The van der Waals surface area contributed by atoms with E-state index >= 15 is 0 Å². The number of hydrogen-bond donors (Lipinski definition) is 2. The minimum Gasteiger partial charge on any atom is -0.494 e. The highest BCUT2D eigenvalue weighted by Crippen LogP contribution is 2.39. The SMILES string of the molecule is CCSCCSc1cc(O)n(-c2ccc(Oc3ccc(C(C)(C)c4ccc(Oc5ccc(N6C(=O)C=CC6=O)cc5)cc4)cc3)cc2)c1O. The van der Waals surface area contributed by atoms with Crippen LogP contribution in [0, 0.1) is 0 Å². The predicted molar refractivity (Wildman–Crippen MR) is 196 cm³/mol. The quantitative estimate of drug-likeness (QED) is 0.0716. The molecule has 2 heterocycles. The van der Waals surface area contributed by atoms with E-state index in [2.05, 4.69) is 32.9 Å². The number of carbonyl (C=O) groups is 2. The normalized spacial score (nSPS) is 12.9. The van der Waals surface area contributed by atoms with Crippen molar-refractivity contribution in [1.82, 2.24) is 4.57 Å². The van der Waals surface area contributed by atoms with Gasteiger partial charge in [-0.15, -0.1) is 11.8 Å². The number of anilines is 1. The Morgan fingerprint density at radius 1 is 0.653 bits per heavy atom. The fourth-order valence-corrected chi connectivity index (χ4v) is 7.20. The van der Waals surface area contributed by atoms with Crippen LogP contribution in [0.3, 0.4) is 0 Å². The summed E-state index contributed by atoms with van der Waals surface area (Å²) in [6.07, 6.45) is 2.52. The highest BCUT2D eigenvalue weighted by Gasteiger charge is 2.25. The molecule has 4 aromatic carbocycles. The molecule has 250 valence electrons. The van der Waals surface area contributed by atoms with Crippen molar-refractivity contribution in [1.29, 1.82) is 0 Å². The standard InChI is InChI=1S/C39H36N2O6S2/c1-4-48-23-24-49-34-25-37(44)41(38(34)45)29-11-19-33(20-12-29)47-31-15-7-27(8-16-31)39(2,3)26-5-13-30(14-6-26)46-32-17-9-28(10-18-32)40-35(42)21-22-36(40)43/h5-22,25,44-45H,4,23-24H2,1-3H3. The molecule has 0 aliphatic carbocycles. The van der Waals surface area contributed by atoms with Crippen LogP contribution in [-0.2, 0) is 15.0 Å². The zero-order valence-electron chi connectivity index (χ0n) is 27.3. The van der Waals surface area contributed by atoms with Gasteiger partial charge >= 0.3 is 0 Å². The highest BCUT2D eigenvalue weighted by atomic mass is 32.2. The number of ether oxygens (including phenoxy) is 2. The highest BCUT2D eigenvalue weighted by molar-refractivity contribution is 8.03. The maximum Gasteiger partial charge on any atom is 0.258 e. The lowest BCUT2D eigenvalue weighted by atomic mass is 9.78. The van der Waals surface area contributed by atoms with Crippen molar-refractivity contribution in [3.05, 3.63) is 126 Å². The van der Waals surface area contributed by atoms with Crippen LogP contribution in [0.15, 0.2) is 120 Å². The lowest BCUT2D eigenvalue weighted by molar-refractivity contribution is -0.119. The first-order chi connectivity index (χ1) is 23.6. The molecule has 2 amide bonds. The van der Waals surface area contributed by atoms with Crippen LogP contribution < -0.4 is 14.4 Å². The smallest absolute Gasteiger partial charge is 0.258 e. The van der Waals surface area contributed by atoms with E-state index in [1.54, 1.807) is 42.5 Å². The summed E-state index contributed by atoms with van der Waals surface area (Å²) in [6.45, 7) is 6.44. The van der Waals surface area contributed by atoms with Gasteiger partial charge in [-0.1, -0.05) is 45.0 Å². The van der Waals surface area contributed by atoms with Crippen LogP contribution in [0.2, 0.25) is 0 Å². The lowest BCUT2D eigenvalue weighted by Gasteiger charge is -2.26. The molecule has 0 fully saturated rings. The Labute approximate surface area is 294 Å². The lowest BCUT2D eigenvalue weighted by Crippen LogP contribution is -2.29. The molecule has 0 saturated carbocycles. The third kappa shape index (κ3) is 7.50. The topological polar surface area (TPSA) is 101 Å². The Morgan fingerprint density at radius 2 is 1.10 bits per heavy atom. The second-order valence-electron chi connectivity index (χ2n) is 11.8. The predicted octanol–water partition coefficient (Wildman–Crippen LogP) is 9.07. The van der Waals surface area contributed by atoms with Crippen LogP contribution in [0.1, 0.15) is 31.9 Å². The monoisotopic (exact) mass is 692 g/mol. The summed E-state index contributed by atoms with van der Waals surface area (Å²) in [7, 11) is 0. The molecule has 2 N–H and O–H groups in total. The molecular weight excluding hydrogens is 657 g/mol. The summed E-state index contributed by atoms with van der Waals surface area (Å²) in [5.41, 5.74) is 3.05. The number of hydrogen-bond acceptors (Lipinski definition) is 8. The molecule has 10 heteroatoms. The van der Waals surface area contributed by atoms with Crippen molar-refractivity contribution in [2.75, 3.05) is 22.2 Å². The van der Waals surface area contributed by atoms with Gasteiger partial charge in [0.25, 0.3) is 11.8 Å². The molecule has 0 spiro atoms. The average molecular weight is 693 g/mol. The third-order valence-corrected chi connectivity index (χ3v) is 10.4. The largest absolute Gasteiger partial charge is 0.494 e. The number of amides is 2. The van der Waals surface area contributed by atoms with Crippen molar-refractivity contribution in [2.24, 2.45) is 0 Å². The number of imide groups is 1. The molecule has 0 radical (unpaired) electrons. The Bertz CT molecular complexity index is 1950. The Morgan fingerprint density at radius 3 is 1.57 bits per heavy atom. The number of rotatable bonds is 13. The first-order valence-corrected chi connectivity index (χ1v) is 18.0. The summed E-state index contributed by atoms with van der Waals surface area (Å²) >= 11 is 3.37. The van der Waals surface area contributed by atoms with Gasteiger partial charge in [0.2, 0.25) is 5.88 Å². The van der Waals surface area contributed by atoms with Crippen LogP contribution in [0.5, 0.6) is 34.8 Å². The molecule has 8 nitrogen and oxygen atoms in total. The van der Waals surface area contributed by atoms with Crippen molar-refractivity contribution >= 4 is 41.0 Å². The van der Waals surface area contributed by atoms with Gasteiger partial charge < -0.3 is 19.7 Å². The number of aromatic nitrogens is 1. The summed E-state index contributed by atoms with van der Waals surface area (Å²) in [5.74, 6) is 4.75. The van der Waals surface area contributed by atoms with E-state index in [0.717, 1.165) is 33.3 Å². The summed E-state index contributed by atoms with van der Waals surface area (Å²) in [5, 5.41) is 21.2. The van der Waals surface area contributed by atoms with Gasteiger partial charge in [-0.3, -0.25) is 14.2 Å². The number of thioether (sulfide) groups is 2. The van der Waals surface area contributed by atoms with E-state index in [4.69, 9.17) is 9.47 Å². The van der Waals surface area contributed by atoms with Gasteiger partial charge in [-0.05, 0) is 89.7 Å². The maximum absolute atomic E-state index is 11.9. The second-order valence-corrected chi connectivity index (χ2v) is 14.3. The summed E-state index contributed by atoms with van der Waals surface area (Å²) in [4.78, 5) is 25.6. The van der Waals surface area contributed by atoms with Crippen LogP contribution >= 0.6 is 23.5 Å². The Hall–Kier alpha value is -5.06. The van der Waals surface area contributed by atoms with E-state index in [0.29, 0.717) is 39.3 Å². The Kier molecular flexibility index (Phi) is 10.1. The number of carbonyl (C=O) groups excluding carboxylic acids is 2. The third-order valence-electron chi connectivity index (χ3n) is 8.23. The number of nitrogens with zero attached hydrogens (tertiary/aromatic N) is 2. The molecule has 49 heavy (non-hydrogen) atoms. The van der Waals surface area contributed by atoms with Gasteiger partial charge in [0.1, 0.15) is 23.0 Å². The molecule has 0 saturated heterocycles. The van der Waals surface area contributed by atoms with Gasteiger partial charge in [0.05, 0.1) is 16.3 Å². The molecule has 1 aromatic heterocycles. The van der Waals surface area contributed by atoms with Crippen LogP contribution in [0.4, 0.5) is 5.69 Å². The first-order valence-electron chi connectivity index (χ1n) is 15.8. The van der Waals surface area contributed by atoms with Crippen molar-refractivity contribution in [3.8, 4) is 40.4 Å². The molecular formula is C39H36N2O6S2. The molecule has 6 rings (SSSR count). The summed E-state index contributed by atoms with van der Waals surface area (Å²) in [6, 6.07) is 31.5. The molecule has 5 aromatic rings. The fourth-order valence-electron chi connectivity index (χ4n) is 5.48. The van der Waals surface area contributed by atoms with E-state index in [1.165, 1.54) is 28.5 Å². The molecule has 1 aliphatic heterocycles. The van der Waals surface area contributed by atoms with Crippen molar-refractivity contribution < 1.29 is 29.3 Å². The Balaban J connectivity index is 1.06.